The van der Waals surface area contributed by atoms with Crippen LogP contribution in [0.2, 0.25) is 0 Å². The predicted octanol–water partition coefficient (Wildman–Crippen LogP) is 3.59. The van der Waals surface area contributed by atoms with Crippen LogP contribution in [-0.4, -0.2) is 29.1 Å². The van der Waals surface area contributed by atoms with E-state index in [0.29, 0.717) is 22.8 Å². The van der Waals surface area contributed by atoms with E-state index < -0.39 is 5.97 Å². The molecule has 2 rings (SSSR count). The Morgan fingerprint density at radius 2 is 2.11 bits per heavy atom. The lowest BCUT2D eigenvalue weighted by atomic mass is 10.0. The molecular formula is C14H22N2O2S. The number of aromatic carboxylic acids is 1. The van der Waals surface area contributed by atoms with Gasteiger partial charge in [-0.05, 0) is 32.1 Å². The molecule has 0 amide bonds. The summed E-state index contributed by atoms with van der Waals surface area (Å²) in [5.74, 6) is 0.166. The van der Waals surface area contributed by atoms with Crippen molar-refractivity contribution in [2.24, 2.45) is 5.92 Å². The third-order valence-corrected chi connectivity index (χ3v) is 4.73. The molecule has 0 saturated heterocycles. The first-order valence-electron chi connectivity index (χ1n) is 6.87. The van der Waals surface area contributed by atoms with Crippen molar-refractivity contribution < 1.29 is 9.90 Å². The maximum Gasteiger partial charge on any atom is 0.347 e. The number of hydrogen-bond acceptors (Lipinski definition) is 4. The summed E-state index contributed by atoms with van der Waals surface area (Å²) in [6.07, 6.45) is 3.24. The van der Waals surface area contributed by atoms with Crippen LogP contribution in [0.3, 0.4) is 0 Å². The second kappa shape index (κ2) is 5.49. The molecule has 1 fully saturated rings. The number of hydrogen-bond donors (Lipinski definition) is 1. The Hall–Kier alpha value is -1.10. The molecule has 1 aromatic heterocycles. The minimum Gasteiger partial charge on any atom is -0.477 e. The van der Waals surface area contributed by atoms with Gasteiger partial charge in [0.05, 0.1) is 5.69 Å². The fourth-order valence-electron chi connectivity index (χ4n) is 2.29. The molecule has 1 aliphatic carbocycles. The van der Waals surface area contributed by atoms with Crippen LogP contribution in [0.1, 0.15) is 61.3 Å². The monoisotopic (exact) mass is 282 g/mol. The number of aromatic nitrogens is 1. The molecule has 0 aliphatic heterocycles. The number of nitrogens with zero attached hydrogens (tertiary/aromatic N) is 2. The molecule has 0 bridgehead atoms. The van der Waals surface area contributed by atoms with Crippen LogP contribution in [0.5, 0.6) is 0 Å². The highest BCUT2D eigenvalue weighted by Crippen LogP contribution is 2.44. The topological polar surface area (TPSA) is 53.4 Å². The molecule has 5 heteroatoms. The van der Waals surface area contributed by atoms with Crippen LogP contribution in [0, 0.1) is 5.92 Å². The van der Waals surface area contributed by atoms with Gasteiger partial charge in [0, 0.05) is 19.0 Å². The molecule has 1 atom stereocenters. The molecule has 4 nitrogen and oxygen atoms in total. The normalized spacial score (nSPS) is 16.7. The van der Waals surface area contributed by atoms with Gasteiger partial charge < -0.3 is 10.0 Å². The first-order valence-corrected chi connectivity index (χ1v) is 7.68. The van der Waals surface area contributed by atoms with E-state index >= 15 is 0 Å². The highest BCUT2D eigenvalue weighted by Gasteiger charge is 2.33. The van der Waals surface area contributed by atoms with Gasteiger partial charge in [-0.25, -0.2) is 9.78 Å². The molecule has 19 heavy (non-hydrogen) atoms. The summed E-state index contributed by atoms with van der Waals surface area (Å²) in [4.78, 5) is 18.4. The fraction of sp³-hybridized carbons (Fsp3) is 0.714. The second-order valence-electron chi connectivity index (χ2n) is 5.88. The maximum absolute atomic E-state index is 11.3. The number of rotatable bonds is 6. The van der Waals surface area contributed by atoms with Crippen molar-refractivity contribution in [2.75, 3.05) is 11.9 Å². The van der Waals surface area contributed by atoms with E-state index in [1.165, 1.54) is 11.3 Å². The Kier molecular flexibility index (Phi) is 4.13. The van der Waals surface area contributed by atoms with Crippen LogP contribution in [-0.2, 0) is 0 Å². The van der Waals surface area contributed by atoms with Crippen LogP contribution >= 0.6 is 11.3 Å². The Morgan fingerprint density at radius 1 is 1.47 bits per heavy atom. The first kappa shape index (κ1) is 14.3. The molecule has 1 saturated carbocycles. The lowest BCUT2D eigenvalue weighted by Gasteiger charge is -2.25. The molecule has 1 aliphatic rings. The fourth-order valence-corrected chi connectivity index (χ4v) is 3.34. The van der Waals surface area contributed by atoms with E-state index in [0.717, 1.165) is 30.1 Å². The quantitative estimate of drug-likeness (QED) is 0.866. The molecule has 0 spiro atoms. The Labute approximate surface area is 118 Å². The summed E-state index contributed by atoms with van der Waals surface area (Å²) < 4.78 is 0. The minimum atomic E-state index is -0.837. The summed E-state index contributed by atoms with van der Waals surface area (Å²) in [5.41, 5.74) is 0.802. The van der Waals surface area contributed by atoms with Gasteiger partial charge >= 0.3 is 5.97 Å². The van der Waals surface area contributed by atoms with Gasteiger partial charge in [-0.1, -0.05) is 25.2 Å². The van der Waals surface area contributed by atoms with Crippen molar-refractivity contribution in [1.29, 1.82) is 0 Å². The Bertz CT molecular complexity index is 466. The Morgan fingerprint density at radius 3 is 2.58 bits per heavy atom. The minimum absolute atomic E-state index is 0.375. The number of anilines is 1. The average Bonchev–Trinajstić information content (AvgIpc) is 3.06. The smallest absolute Gasteiger partial charge is 0.347 e. The predicted molar refractivity (Wildman–Crippen MR) is 78.4 cm³/mol. The van der Waals surface area contributed by atoms with Crippen LogP contribution in [0.25, 0.3) is 0 Å². The van der Waals surface area contributed by atoms with Gasteiger partial charge in [0.1, 0.15) is 4.88 Å². The molecule has 1 heterocycles. The Balaban J connectivity index is 2.20. The second-order valence-corrected chi connectivity index (χ2v) is 6.86. The van der Waals surface area contributed by atoms with Crippen molar-refractivity contribution in [1.82, 2.24) is 4.98 Å². The van der Waals surface area contributed by atoms with Crippen molar-refractivity contribution >= 4 is 22.4 Å². The van der Waals surface area contributed by atoms with Crippen molar-refractivity contribution in [3.8, 4) is 0 Å². The van der Waals surface area contributed by atoms with Crippen molar-refractivity contribution in [3.05, 3.63) is 10.6 Å². The SMILES string of the molecule is CC(C)CC(C)N(C)c1nc(C2CC2)c(C(=O)O)s1. The van der Waals surface area contributed by atoms with E-state index in [-0.39, 0.29) is 0 Å². The molecule has 106 valence electrons. The maximum atomic E-state index is 11.3. The number of carboxylic acids is 1. The largest absolute Gasteiger partial charge is 0.477 e. The zero-order valence-electron chi connectivity index (χ0n) is 12.0. The molecule has 1 N–H and O–H groups in total. The average molecular weight is 282 g/mol. The summed E-state index contributed by atoms with van der Waals surface area (Å²) in [6.45, 7) is 6.56. The molecule has 1 unspecified atom stereocenters. The number of carbonyl (C=O) groups is 1. The van der Waals surface area contributed by atoms with E-state index in [1.54, 1.807) is 0 Å². The first-order chi connectivity index (χ1) is 8.90. The van der Waals surface area contributed by atoms with Crippen molar-refractivity contribution in [3.63, 3.8) is 0 Å². The van der Waals surface area contributed by atoms with Gasteiger partial charge in [-0.3, -0.25) is 0 Å². The summed E-state index contributed by atoms with van der Waals surface area (Å²) >= 11 is 1.31. The van der Waals surface area contributed by atoms with Crippen LogP contribution < -0.4 is 4.90 Å². The molecule has 1 aromatic rings. The third kappa shape index (κ3) is 3.26. The number of thiazole rings is 1. The summed E-state index contributed by atoms with van der Waals surface area (Å²) in [7, 11) is 2.01. The summed E-state index contributed by atoms with van der Waals surface area (Å²) in [6, 6.07) is 0.375. The van der Waals surface area contributed by atoms with E-state index in [9.17, 15) is 9.90 Å². The zero-order valence-corrected chi connectivity index (χ0v) is 12.8. The lowest BCUT2D eigenvalue weighted by molar-refractivity contribution is 0.0700. The third-order valence-electron chi connectivity index (χ3n) is 3.58. The number of carboxylic acid groups (broad SMARTS) is 1. The van der Waals surface area contributed by atoms with Gasteiger partial charge in [-0.15, -0.1) is 0 Å². The standard InChI is InChI=1S/C14H22N2O2S/c1-8(2)7-9(3)16(4)14-15-11(10-5-6-10)12(19-14)13(17)18/h8-10H,5-7H2,1-4H3,(H,17,18). The lowest BCUT2D eigenvalue weighted by Crippen LogP contribution is -2.29. The van der Waals surface area contributed by atoms with E-state index in [2.05, 4.69) is 30.7 Å². The molecule has 0 radical (unpaired) electrons. The van der Waals surface area contributed by atoms with Crippen LogP contribution in [0.4, 0.5) is 5.13 Å². The zero-order chi connectivity index (χ0) is 14.2. The highest BCUT2D eigenvalue weighted by molar-refractivity contribution is 7.17. The van der Waals surface area contributed by atoms with Crippen molar-refractivity contribution in [2.45, 2.75) is 52.0 Å². The highest BCUT2D eigenvalue weighted by atomic mass is 32.1. The van der Waals surface area contributed by atoms with Gasteiger partial charge in [0.15, 0.2) is 5.13 Å². The van der Waals surface area contributed by atoms with Gasteiger partial charge in [0.2, 0.25) is 0 Å². The van der Waals surface area contributed by atoms with Gasteiger partial charge in [-0.2, -0.15) is 0 Å². The van der Waals surface area contributed by atoms with Gasteiger partial charge in [0.25, 0.3) is 0 Å². The van der Waals surface area contributed by atoms with Crippen LogP contribution in [0.15, 0.2) is 0 Å². The molecule has 0 aromatic carbocycles. The van der Waals surface area contributed by atoms with E-state index in [4.69, 9.17) is 0 Å². The summed E-state index contributed by atoms with van der Waals surface area (Å²) in [5, 5.41) is 10.1. The van der Waals surface area contributed by atoms with E-state index in [1.807, 2.05) is 7.05 Å². The molecular weight excluding hydrogens is 260 g/mol.